The molecule has 0 aromatic carbocycles. The molecule has 78 valence electrons. The molecule has 0 radical (unpaired) electrons. The summed E-state index contributed by atoms with van der Waals surface area (Å²) >= 11 is 0. The highest BCUT2D eigenvalue weighted by Gasteiger charge is 2.22. The van der Waals surface area contributed by atoms with Crippen LogP contribution in [0.1, 0.15) is 20.3 Å². The number of hydrogen-bond donors (Lipinski definition) is 0. The molecule has 0 fully saturated rings. The highest BCUT2D eigenvalue weighted by atomic mass is 31.2. The highest BCUT2D eigenvalue weighted by Crippen LogP contribution is 2.46. The van der Waals surface area contributed by atoms with Crippen LogP contribution < -0.4 is 0 Å². The van der Waals surface area contributed by atoms with Gasteiger partial charge in [0.2, 0.25) is 0 Å². The van der Waals surface area contributed by atoms with E-state index in [9.17, 15) is 9.36 Å². The zero-order valence-corrected chi connectivity index (χ0v) is 9.47. The van der Waals surface area contributed by atoms with Gasteiger partial charge in [-0.2, -0.15) is 0 Å². The van der Waals surface area contributed by atoms with Crippen molar-refractivity contribution in [2.75, 3.05) is 20.4 Å². The van der Waals surface area contributed by atoms with Crippen LogP contribution in [0.3, 0.4) is 0 Å². The fraction of sp³-hybridized carbons (Fsp3) is 0.875. The van der Waals surface area contributed by atoms with E-state index >= 15 is 0 Å². The number of carbonyl (C=O) groups is 1. The maximum Gasteiger partial charge on any atom is 0.330 e. The molecule has 0 amide bonds. The summed E-state index contributed by atoms with van der Waals surface area (Å²) in [4.78, 5) is 11.2. The van der Waals surface area contributed by atoms with Gasteiger partial charge >= 0.3 is 7.60 Å². The molecule has 0 rings (SSSR count). The molecule has 0 aliphatic carbocycles. The standard InChI is InChI=1S/C8H17O4P/c1-7(2)8(9)5-6-13(10,11-3)12-4/h7H,5-6H2,1-4H3. The van der Waals surface area contributed by atoms with Crippen molar-refractivity contribution in [3.05, 3.63) is 0 Å². The van der Waals surface area contributed by atoms with Crippen LogP contribution in [-0.2, 0) is 18.4 Å². The maximum atomic E-state index is 11.5. The van der Waals surface area contributed by atoms with Gasteiger partial charge in [-0.15, -0.1) is 0 Å². The summed E-state index contributed by atoms with van der Waals surface area (Å²) in [6.07, 6.45) is 0.410. The minimum Gasteiger partial charge on any atom is -0.312 e. The predicted octanol–water partition coefficient (Wildman–Crippen LogP) is 2.09. The fourth-order valence-electron chi connectivity index (χ4n) is 0.793. The second-order valence-electron chi connectivity index (χ2n) is 3.07. The molecule has 0 aromatic rings. The van der Waals surface area contributed by atoms with E-state index in [0.29, 0.717) is 0 Å². The number of hydrogen-bond acceptors (Lipinski definition) is 4. The fourth-order valence-corrected chi connectivity index (χ4v) is 1.80. The van der Waals surface area contributed by atoms with Crippen molar-refractivity contribution in [2.24, 2.45) is 5.92 Å². The summed E-state index contributed by atoms with van der Waals surface area (Å²) in [6.45, 7) is 3.62. The molecule has 13 heavy (non-hydrogen) atoms. The Morgan fingerprint density at radius 3 is 2.08 bits per heavy atom. The summed E-state index contributed by atoms with van der Waals surface area (Å²) in [5.74, 6) is 0.0523. The topological polar surface area (TPSA) is 52.6 Å². The van der Waals surface area contributed by atoms with Gasteiger partial charge in [0.05, 0.1) is 6.16 Å². The molecule has 0 aliphatic rings. The van der Waals surface area contributed by atoms with Crippen molar-refractivity contribution < 1.29 is 18.4 Å². The number of carbonyl (C=O) groups excluding carboxylic acids is 1. The van der Waals surface area contributed by atoms with Gasteiger partial charge in [0.1, 0.15) is 5.78 Å². The van der Waals surface area contributed by atoms with E-state index in [1.54, 1.807) is 0 Å². The first kappa shape index (κ1) is 12.8. The predicted molar refractivity (Wildman–Crippen MR) is 51.0 cm³/mol. The van der Waals surface area contributed by atoms with Crippen LogP contribution in [0, 0.1) is 5.92 Å². The van der Waals surface area contributed by atoms with E-state index < -0.39 is 7.60 Å². The average Bonchev–Trinajstić information content (AvgIpc) is 2.13. The van der Waals surface area contributed by atoms with E-state index in [1.807, 2.05) is 13.8 Å². The van der Waals surface area contributed by atoms with E-state index in [0.717, 1.165) is 0 Å². The maximum absolute atomic E-state index is 11.5. The normalized spacial score (nSPS) is 12.1. The van der Waals surface area contributed by atoms with Crippen molar-refractivity contribution >= 4 is 13.4 Å². The summed E-state index contributed by atoms with van der Waals surface area (Å²) in [6, 6.07) is 0. The Labute approximate surface area is 79.1 Å². The molecule has 0 spiro atoms. The van der Waals surface area contributed by atoms with Gasteiger partial charge < -0.3 is 9.05 Å². The quantitative estimate of drug-likeness (QED) is 0.627. The Morgan fingerprint density at radius 1 is 1.31 bits per heavy atom. The average molecular weight is 208 g/mol. The Bertz CT molecular complexity index is 204. The SMILES string of the molecule is COP(=O)(CCC(=O)C(C)C)OC. The Hall–Kier alpha value is -0.180. The molecule has 0 bridgehead atoms. The molecule has 0 saturated heterocycles. The van der Waals surface area contributed by atoms with Crippen LogP contribution >= 0.6 is 7.60 Å². The second-order valence-corrected chi connectivity index (χ2v) is 5.47. The third-order valence-corrected chi connectivity index (χ3v) is 3.72. The van der Waals surface area contributed by atoms with Crippen molar-refractivity contribution in [2.45, 2.75) is 20.3 Å². The third-order valence-electron chi connectivity index (χ3n) is 1.83. The molecule has 4 nitrogen and oxygen atoms in total. The molecule has 0 unspecified atom stereocenters. The number of rotatable bonds is 6. The lowest BCUT2D eigenvalue weighted by molar-refractivity contribution is -0.121. The van der Waals surface area contributed by atoms with Gasteiger partial charge in [-0.1, -0.05) is 13.8 Å². The van der Waals surface area contributed by atoms with E-state index in [1.165, 1.54) is 14.2 Å². The van der Waals surface area contributed by atoms with E-state index in [-0.39, 0.29) is 24.3 Å². The van der Waals surface area contributed by atoms with Crippen molar-refractivity contribution in [1.82, 2.24) is 0 Å². The molecular formula is C8H17O4P. The van der Waals surface area contributed by atoms with Crippen molar-refractivity contribution in [3.63, 3.8) is 0 Å². The minimum atomic E-state index is -3.00. The molecular weight excluding hydrogens is 191 g/mol. The van der Waals surface area contributed by atoms with E-state index in [2.05, 4.69) is 0 Å². The Balaban J connectivity index is 4.01. The van der Waals surface area contributed by atoms with Crippen LogP contribution in [0.4, 0.5) is 0 Å². The Kier molecular flexibility index (Phi) is 5.45. The first-order valence-electron chi connectivity index (χ1n) is 4.18. The van der Waals surface area contributed by atoms with Crippen molar-refractivity contribution in [1.29, 1.82) is 0 Å². The van der Waals surface area contributed by atoms with Gasteiger partial charge in [-0.3, -0.25) is 9.36 Å². The van der Waals surface area contributed by atoms with Crippen LogP contribution in [0.2, 0.25) is 0 Å². The van der Waals surface area contributed by atoms with Gasteiger partial charge in [-0.05, 0) is 0 Å². The number of Topliss-reactive ketones (excluding diaryl/α,β-unsaturated/α-hetero) is 1. The lowest BCUT2D eigenvalue weighted by Crippen LogP contribution is -2.09. The van der Waals surface area contributed by atoms with Gasteiger partial charge in [0.25, 0.3) is 0 Å². The zero-order valence-electron chi connectivity index (χ0n) is 8.57. The molecule has 0 aromatic heterocycles. The van der Waals surface area contributed by atoms with Crippen LogP contribution in [0.5, 0.6) is 0 Å². The Morgan fingerprint density at radius 2 is 1.77 bits per heavy atom. The van der Waals surface area contributed by atoms with Gasteiger partial charge in [0, 0.05) is 26.6 Å². The largest absolute Gasteiger partial charge is 0.330 e. The molecule has 0 N–H and O–H groups in total. The lowest BCUT2D eigenvalue weighted by atomic mass is 10.1. The smallest absolute Gasteiger partial charge is 0.312 e. The summed E-state index contributed by atoms with van der Waals surface area (Å²) in [7, 11) is -0.348. The van der Waals surface area contributed by atoms with E-state index in [4.69, 9.17) is 9.05 Å². The third kappa shape index (κ3) is 4.55. The van der Waals surface area contributed by atoms with Crippen LogP contribution in [0.25, 0.3) is 0 Å². The molecule has 0 saturated carbocycles. The highest BCUT2D eigenvalue weighted by molar-refractivity contribution is 7.53. The summed E-state index contributed by atoms with van der Waals surface area (Å²) < 4.78 is 20.9. The molecule has 5 heteroatoms. The minimum absolute atomic E-state index is 0.0258. The zero-order chi connectivity index (χ0) is 10.5. The van der Waals surface area contributed by atoms with Gasteiger partial charge in [0.15, 0.2) is 0 Å². The molecule has 0 atom stereocenters. The van der Waals surface area contributed by atoms with Crippen molar-refractivity contribution in [3.8, 4) is 0 Å². The first-order chi connectivity index (χ1) is 5.95. The van der Waals surface area contributed by atoms with Crippen LogP contribution in [0.15, 0.2) is 0 Å². The van der Waals surface area contributed by atoms with Gasteiger partial charge in [-0.25, -0.2) is 0 Å². The summed E-state index contributed by atoms with van der Waals surface area (Å²) in [5.41, 5.74) is 0. The molecule has 0 aliphatic heterocycles. The summed E-state index contributed by atoms with van der Waals surface area (Å²) in [5, 5.41) is 0. The number of ketones is 1. The second kappa shape index (κ2) is 5.53. The first-order valence-corrected chi connectivity index (χ1v) is 5.91. The van der Waals surface area contributed by atoms with Crippen LogP contribution in [-0.4, -0.2) is 26.2 Å². The lowest BCUT2D eigenvalue weighted by Gasteiger charge is -2.13. The monoisotopic (exact) mass is 208 g/mol. The molecule has 0 heterocycles.